The molecule has 2 aliphatic rings. The van der Waals surface area contributed by atoms with Crippen LogP contribution < -0.4 is 4.74 Å². The maximum Gasteiger partial charge on any atom is 0.144 e. The number of ether oxygens (including phenoxy) is 1. The van der Waals surface area contributed by atoms with Crippen molar-refractivity contribution in [2.45, 2.75) is 77.4 Å². The van der Waals surface area contributed by atoms with Crippen molar-refractivity contribution in [1.82, 2.24) is 0 Å². The highest BCUT2D eigenvalue weighted by Crippen LogP contribution is 2.58. The van der Waals surface area contributed by atoms with E-state index in [0.29, 0.717) is 10.8 Å². The summed E-state index contributed by atoms with van der Waals surface area (Å²) in [6, 6.07) is 51.0. The molecule has 2 aromatic heterocycles. The summed E-state index contributed by atoms with van der Waals surface area (Å²) < 4.78 is 21.1. The van der Waals surface area contributed by atoms with Gasteiger partial charge in [0.15, 0.2) is 0 Å². The number of rotatable bonds is 6. The topological polar surface area (TPSA) is 55.7 Å². The summed E-state index contributed by atoms with van der Waals surface area (Å²) in [5, 5.41) is 16.4. The first kappa shape index (κ1) is 40.0. The van der Waals surface area contributed by atoms with Crippen LogP contribution in [0.5, 0.6) is 5.75 Å². The molecule has 0 unspecified atom stereocenters. The monoisotopic (exact) mass is 868 g/mol. The van der Waals surface area contributed by atoms with Crippen molar-refractivity contribution < 1.29 is 18.7 Å². The largest absolute Gasteiger partial charge is 0.483 e. The van der Waals surface area contributed by atoms with E-state index in [4.69, 9.17) is 25.2 Å². The van der Waals surface area contributed by atoms with E-state index in [1.54, 1.807) is 0 Å². The third-order valence-corrected chi connectivity index (χ3v) is 14.9. The summed E-state index contributed by atoms with van der Waals surface area (Å²) in [5.74, 6) is 0.693. The summed E-state index contributed by atoms with van der Waals surface area (Å²) in [4.78, 5) is 0. The Labute approximate surface area is 384 Å². The molecule has 65 heavy (non-hydrogen) atoms. The van der Waals surface area contributed by atoms with Crippen LogP contribution in [0, 0.1) is 0 Å². The normalized spacial score (nSPS) is 14.9. The SMILES string of the molecule is CC(C)(O)c1ccccc1-c1cc2c(c3oc4cc(OC(C)(C)c5ccccc5-c5cc6c(c7c5oc5ccccc57)-c5ccccc5C6(C)C)ccc4c13)-c1ccc(Cl)cc1C2(C)C. The van der Waals surface area contributed by atoms with Gasteiger partial charge in [0.25, 0.3) is 0 Å². The molecule has 0 spiro atoms. The van der Waals surface area contributed by atoms with Crippen molar-refractivity contribution in [3.63, 3.8) is 0 Å². The average molecular weight is 870 g/mol. The van der Waals surface area contributed by atoms with Crippen molar-refractivity contribution in [1.29, 1.82) is 0 Å². The minimum absolute atomic E-state index is 0.211. The fourth-order valence-corrected chi connectivity index (χ4v) is 11.6. The number of benzene rings is 8. The van der Waals surface area contributed by atoms with E-state index >= 15 is 0 Å². The van der Waals surface area contributed by atoms with E-state index in [2.05, 4.69) is 151 Å². The lowest BCUT2D eigenvalue weighted by Crippen LogP contribution is -2.26. The standard InChI is InChI=1S/C60H49ClO4/c1-57(2)43-21-13-11-19-37(43)52-47(57)32-42(55-54(52)39-20-12-16-24-49(39)63-55)36-18-10-15-23-45(36)60(7,8)65-34-26-28-40-50(30-34)64-56-51(40)41(35-17-9-14-22-44(35)59(5,6)62)31-48-53(56)38-27-25-33(61)29-46(38)58(48,3)4/h9-32,62H,1-8H3. The molecule has 4 nitrogen and oxygen atoms in total. The predicted octanol–water partition coefficient (Wildman–Crippen LogP) is 16.6. The number of fused-ring (bicyclic) bond motifs is 14. The minimum atomic E-state index is -1.08. The number of hydrogen-bond acceptors (Lipinski definition) is 4. The Balaban J connectivity index is 1.03. The fraction of sp³-hybridized carbons (Fsp3) is 0.200. The Kier molecular flexibility index (Phi) is 8.29. The molecule has 1 N–H and O–H groups in total. The zero-order valence-electron chi connectivity index (χ0n) is 37.9. The van der Waals surface area contributed by atoms with Gasteiger partial charge < -0.3 is 18.7 Å². The summed E-state index contributed by atoms with van der Waals surface area (Å²) in [5.41, 5.74) is 16.5. The second-order valence-electron chi connectivity index (χ2n) is 20.2. The van der Waals surface area contributed by atoms with Gasteiger partial charge >= 0.3 is 0 Å². The van der Waals surface area contributed by atoms with Gasteiger partial charge in [-0.15, -0.1) is 0 Å². The van der Waals surface area contributed by atoms with E-state index in [-0.39, 0.29) is 10.8 Å². The molecule has 0 radical (unpaired) electrons. The van der Waals surface area contributed by atoms with Gasteiger partial charge in [-0.2, -0.15) is 0 Å². The Morgan fingerprint density at radius 1 is 0.477 bits per heavy atom. The van der Waals surface area contributed by atoms with E-state index in [1.165, 1.54) is 22.3 Å². The molecule has 8 aromatic carbocycles. The first-order valence-electron chi connectivity index (χ1n) is 22.6. The van der Waals surface area contributed by atoms with E-state index in [9.17, 15) is 5.11 Å². The fourth-order valence-electron chi connectivity index (χ4n) is 11.5. The molecule has 0 saturated heterocycles. The smallest absolute Gasteiger partial charge is 0.144 e. The van der Waals surface area contributed by atoms with Gasteiger partial charge in [-0.05, 0) is 131 Å². The first-order valence-corrected chi connectivity index (χ1v) is 23.0. The van der Waals surface area contributed by atoms with Crippen LogP contribution in [-0.4, -0.2) is 5.11 Å². The molecule has 0 amide bonds. The molecule has 0 bridgehead atoms. The highest BCUT2D eigenvalue weighted by Gasteiger charge is 2.41. The Morgan fingerprint density at radius 3 is 1.83 bits per heavy atom. The second kappa shape index (κ2) is 13.5. The number of para-hydroxylation sites is 1. The van der Waals surface area contributed by atoms with Crippen LogP contribution in [0.3, 0.4) is 0 Å². The Hall–Kier alpha value is -6.59. The molecule has 10 aromatic rings. The van der Waals surface area contributed by atoms with Gasteiger partial charge in [0.2, 0.25) is 0 Å². The molecule has 0 atom stereocenters. The van der Waals surface area contributed by atoms with Gasteiger partial charge in [0.05, 0.1) is 5.60 Å². The van der Waals surface area contributed by atoms with Crippen LogP contribution in [0.4, 0.5) is 0 Å². The number of halogens is 1. The zero-order chi connectivity index (χ0) is 44.9. The molecule has 0 aliphatic heterocycles. The third kappa shape index (κ3) is 5.66. The van der Waals surface area contributed by atoms with Gasteiger partial charge in [0, 0.05) is 60.2 Å². The van der Waals surface area contributed by atoms with Gasteiger partial charge in [-0.1, -0.05) is 136 Å². The van der Waals surface area contributed by atoms with Crippen LogP contribution >= 0.6 is 11.6 Å². The molecule has 0 saturated carbocycles. The molecular weight excluding hydrogens is 820 g/mol. The molecule has 2 aliphatic carbocycles. The van der Waals surface area contributed by atoms with Crippen LogP contribution in [0.15, 0.2) is 154 Å². The summed E-state index contributed by atoms with van der Waals surface area (Å²) in [6.07, 6.45) is 0. The number of aliphatic hydroxyl groups is 1. The number of hydrogen-bond donors (Lipinski definition) is 1. The second-order valence-corrected chi connectivity index (χ2v) is 20.6. The Morgan fingerprint density at radius 2 is 1.06 bits per heavy atom. The molecule has 2 heterocycles. The van der Waals surface area contributed by atoms with Crippen LogP contribution in [0.2, 0.25) is 5.02 Å². The third-order valence-electron chi connectivity index (χ3n) is 14.6. The molecule has 12 rings (SSSR count). The number of furan rings is 2. The maximum absolute atomic E-state index is 11.5. The Bertz CT molecular complexity index is 3660. The minimum Gasteiger partial charge on any atom is -0.483 e. The van der Waals surface area contributed by atoms with Gasteiger partial charge in [0.1, 0.15) is 33.7 Å². The average Bonchev–Trinajstić information content (AvgIpc) is 3.98. The quantitative estimate of drug-likeness (QED) is 0.181. The van der Waals surface area contributed by atoms with Crippen LogP contribution in [0.1, 0.15) is 88.8 Å². The lowest BCUT2D eigenvalue weighted by atomic mass is 9.80. The molecule has 5 heteroatoms. The lowest BCUT2D eigenvalue weighted by molar-refractivity contribution is 0.0792. The van der Waals surface area contributed by atoms with Crippen LogP contribution in [0.25, 0.3) is 88.4 Å². The summed E-state index contributed by atoms with van der Waals surface area (Å²) >= 11 is 6.66. The van der Waals surface area contributed by atoms with Crippen molar-refractivity contribution in [2.75, 3.05) is 0 Å². The van der Waals surface area contributed by atoms with Crippen molar-refractivity contribution >= 4 is 55.5 Å². The maximum atomic E-state index is 11.5. The van der Waals surface area contributed by atoms with Crippen LogP contribution in [-0.2, 0) is 22.0 Å². The van der Waals surface area contributed by atoms with Crippen molar-refractivity contribution in [2.24, 2.45) is 0 Å². The predicted molar refractivity (Wildman–Crippen MR) is 267 cm³/mol. The van der Waals surface area contributed by atoms with Crippen molar-refractivity contribution in [3.05, 3.63) is 184 Å². The van der Waals surface area contributed by atoms with Gasteiger partial charge in [-0.25, -0.2) is 0 Å². The zero-order valence-corrected chi connectivity index (χ0v) is 38.7. The highest BCUT2D eigenvalue weighted by atomic mass is 35.5. The molecular formula is C60H49ClO4. The van der Waals surface area contributed by atoms with E-state index in [1.807, 2.05) is 50.2 Å². The first-order chi connectivity index (χ1) is 31.0. The lowest BCUT2D eigenvalue weighted by Gasteiger charge is -2.30. The van der Waals surface area contributed by atoms with Gasteiger partial charge in [-0.3, -0.25) is 0 Å². The summed E-state index contributed by atoms with van der Waals surface area (Å²) in [7, 11) is 0. The molecule has 0 fully saturated rings. The highest BCUT2D eigenvalue weighted by molar-refractivity contribution is 6.31. The van der Waals surface area contributed by atoms with E-state index in [0.717, 1.165) is 99.5 Å². The van der Waals surface area contributed by atoms with E-state index < -0.39 is 11.2 Å². The molecule has 320 valence electrons. The van der Waals surface area contributed by atoms with Crippen molar-refractivity contribution in [3.8, 4) is 50.3 Å². The summed E-state index contributed by atoms with van der Waals surface area (Å²) in [6.45, 7) is 17.1.